The molecule has 0 radical (unpaired) electrons. The Morgan fingerprint density at radius 1 is 1.33 bits per heavy atom. The van der Waals surface area contributed by atoms with Gasteiger partial charge in [-0.05, 0) is 60.5 Å². The van der Waals surface area contributed by atoms with Gasteiger partial charge in [-0.25, -0.2) is 4.37 Å². The Balaban J connectivity index is 1.60. The van der Waals surface area contributed by atoms with Gasteiger partial charge < -0.3 is 0 Å². The lowest BCUT2D eigenvalue weighted by atomic mass is 9.99. The number of nitrogens with zero attached hydrogens (tertiary/aromatic N) is 1. The number of rotatable bonds is 2. The highest BCUT2D eigenvalue weighted by Gasteiger charge is 2.67. The molecule has 2 bridgehead atoms. The first-order valence-corrected chi connectivity index (χ1v) is 6.58. The average Bonchev–Trinajstić information content (AvgIpc) is 2.70. The van der Waals surface area contributed by atoms with Gasteiger partial charge in [-0.1, -0.05) is 0 Å². The third-order valence-corrected chi connectivity index (χ3v) is 5.48. The Kier molecular flexibility index (Phi) is 1.52. The third-order valence-electron chi connectivity index (χ3n) is 4.72. The predicted octanol–water partition coefficient (Wildman–Crippen LogP) is 2.62. The minimum absolute atomic E-state index is 0.386. The van der Waals surface area contributed by atoms with Crippen LogP contribution in [0.4, 0.5) is 0 Å². The second kappa shape index (κ2) is 2.70. The minimum Gasteiger partial charge on any atom is -0.293 e. The smallest absolute Gasteiger partial charge is 0.178 e. The van der Waals surface area contributed by atoms with E-state index in [4.69, 9.17) is 0 Å². The van der Waals surface area contributed by atoms with Crippen LogP contribution in [0.5, 0.6) is 0 Å². The van der Waals surface area contributed by atoms with E-state index in [-0.39, 0.29) is 0 Å². The fourth-order valence-corrected chi connectivity index (χ4v) is 4.77. The molecule has 4 unspecified atom stereocenters. The zero-order valence-electron chi connectivity index (χ0n) is 8.43. The van der Waals surface area contributed by atoms with Crippen LogP contribution >= 0.6 is 11.5 Å². The van der Waals surface area contributed by atoms with Crippen LogP contribution in [0.3, 0.4) is 0 Å². The van der Waals surface area contributed by atoms with Crippen LogP contribution in [0.25, 0.3) is 0 Å². The maximum Gasteiger partial charge on any atom is 0.178 e. The molecular weight excluding hydrogens is 206 g/mol. The van der Waals surface area contributed by atoms with Crippen molar-refractivity contribution >= 4 is 17.3 Å². The lowest BCUT2D eigenvalue weighted by Crippen LogP contribution is -2.08. The fraction of sp³-hybridized carbons (Fsp3) is 0.667. The Bertz CT molecular complexity index is 397. The van der Waals surface area contributed by atoms with E-state index in [0.717, 1.165) is 28.5 Å². The second-order valence-corrected chi connectivity index (χ2v) is 6.09. The van der Waals surface area contributed by atoms with Crippen molar-refractivity contribution in [3.63, 3.8) is 0 Å². The average molecular weight is 219 g/mol. The number of Topliss-reactive ketones (excluding diaryl/α,β-unsaturated/α-hetero) is 1. The SMILES string of the molecule is O=C(c1ccns1)C1C2C3CCC(C3)C12. The van der Waals surface area contributed by atoms with Gasteiger partial charge in [0.1, 0.15) is 0 Å². The maximum atomic E-state index is 12.2. The molecule has 78 valence electrons. The zero-order valence-corrected chi connectivity index (χ0v) is 9.24. The van der Waals surface area contributed by atoms with Crippen molar-refractivity contribution < 1.29 is 4.79 Å². The van der Waals surface area contributed by atoms with Gasteiger partial charge in [-0.3, -0.25) is 4.79 Å². The lowest BCUT2D eigenvalue weighted by Gasteiger charge is -2.05. The van der Waals surface area contributed by atoms with Crippen molar-refractivity contribution in [3.8, 4) is 0 Å². The highest BCUT2D eigenvalue weighted by Crippen LogP contribution is 2.69. The van der Waals surface area contributed by atoms with E-state index >= 15 is 0 Å². The van der Waals surface area contributed by atoms with Gasteiger partial charge in [0, 0.05) is 12.1 Å². The van der Waals surface area contributed by atoms with Crippen LogP contribution in [0.1, 0.15) is 28.9 Å². The van der Waals surface area contributed by atoms with Crippen molar-refractivity contribution in [2.45, 2.75) is 19.3 Å². The van der Waals surface area contributed by atoms with Gasteiger partial charge >= 0.3 is 0 Å². The fourth-order valence-electron chi connectivity index (χ4n) is 4.18. The van der Waals surface area contributed by atoms with Gasteiger partial charge in [-0.2, -0.15) is 0 Å². The molecule has 3 aliphatic rings. The van der Waals surface area contributed by atoms with Crippen molar-refractivity contribution in [2.24, 2.45) is 29.6 Å². The van der Waals surface area contributed by atoms with Crippen molar-refractivity contribution in [2.75, 3.05) is 0 Å². The third kappa shape index (κ3) is 0.996. The molecule has 3 aliphatic carbocycles. The van der Waals surface area contributed by atoms with Gasteiger partial charge in [0.2, 0.25) is 0 Å². The summed E-state index contributed by atoms with van der Waals surface area (Å²) in [5, 5.41) is 0. The van der Waals surface area contributed by atoms with Gasteiger partial charge in [-0.15, -0.1) is 0 Å². The van der Waals surface area contributed by atoms with Crippen LogP contribution < -0.4 is 0 Å². The number of carbonyl (C=O) groups excluding carboxylic acids is 1. The molecule has 1 aromatic rings. The van der Waals surface area contributed by atoms with Crippen molar-refractivity contribution in [3.05, 3.63) is 17.1 Å². The summed E-state index contributed by atoms with van der Waals surface area (Å²) in [6.07, 6.45) is 5.93. The first-order valence-electron chi connectivity index (χ1n) is 5.81. The van der Waals surface area contributed by atoms with Crippen LogP contribution in [0, 0.1) is 29.6 Å². The summed E-state index contributed by atoms with van der Waals surface area (Å²) in [6.45, 7) is 0. The van der Waals surface area contributed by atoms with E-state index in [0.29, 0.717) is 11.7 Å². The number of hydrogen-bond donors (Lipinski definition) is 0. The molecule has 4 atom stereocenters. The van der Waals surface area contributed by atoms with Gasteiger partial charge in [0.15, 0.2) is 5.78 Å². The van der Waals surface area contributed by atoms with E-state index in [9.17, 15) is 4.79 Å². The zero-order chi connectivity index (χ0) is 9.99. The van der Waals surface area contributed by atoms with Gasteiger partial charge in [0.25, 0.3) is 0 Å². The Labute approximate surface area is 92.9 Å². The molecule has 0 saturated heterocycles. The van der Waals surface area contributed by atoms with E-state index in [1.54, 1.807) is 6.20 Å². The van der Waals surface area contributed by atoms with Crippen molar-refractivity contribution in [1.29, 1.82) is 0 Å². The molecule has 2 nitrogen and oxygen atoms in total. The second-order valence-electron chi connectivity index (χ2n) is 5.25. The molecule has 0 amide bonds. The lowest BCUT2D eigenvalue weighted by molar-refractivity contribution is 0.0948. The normalized spacial score (nSPS) is 45.5. The van der Waals surface area contributed by atoms with Crippen LogP contribution in [0.2, 0.25) is 0 Å². The quantitative estimate of drug-likeness (QED) is 0.716. The summed E-state index contributed by atoms with van der Waals surface area (Å²) < 4.78 is 4.02. The Hall–Kier alpha value is -0.700. The standard InChI is InChI=1S/C12H13NOS/c14-12(8-3-4-13-15-8)11-9-6-1-2-7(5-6)10(9)11/h3-4,6-7,9-11H,1-2,5H2. The number of ketones is 1. The van der Waals surface area contributed by atoms with Crippen LogP contribution in [-0.2, 0) is 0 Å². The molecular formula is C12H13NOS. The summed E-state index contributed by atoms with van der Waals surface area (Å²) in [4.78, 5) is 13.1. The summed E-state index contributed by atoms with van der Waals surface area (Å²) >= 11 is 1.36. The van der Waals surface area contributed by atoms with Gasteiger partial charge in [0.05, 0.1) is 4.88 Å². The highest BCUT2D eigenvalue weighted by molar-refractivity contribution is 7.08. The molecule has 3 fully saturated rings. The number of aromatic nitrogens is 1. The summed E-state index contributed by atoms with van der Waals surface area (Å²) in [5.74, 6) is 4.08. The number of fused-ring (bicyclic) bond motifs is 5. The van der Waals surface area contributed by atoms with E-state index in [2.05, 4.69) is 4.37 Å². The highest BCUT2D eigenvalue weighted by atomic mass is 32.1. The minimum atomic E-state index is 0.386. The molecule has 1 heterocycles. The van der Waals surface area contributed by atoms with Crippen LogP contribution in [-0.4, -0.2) is 10.2 Å². The summed E-state index contributed by atoms with van der Waals surface area (Å²) in [5.41, 5.74) is 0. The van der Waals surface area contributed by atoms with Crippen molar-refractivity contribution in [1.82, 2.24) is 4.37 Å². The first-order chi connectivity index (χ1) is 7.36. The number of carbonyl (C=O) groups is 1. The molecule has 3 saturated carbocycles. The molecule has 0 N–H and O–H groups in total. The number of hydrogen-bond acceptors (Lipinski definition) is 3. The Morgan fingerprint density at radius 3 is 2.67 bits per heavy atom. The molecule has 0 spiro atoms. The molecule has 1 aromatic heterocycles. The summed E-state index contributed by atoms with van der Waals surface area (Å²) in [6, 6.07) is 1.88. The van der Waals surface area contributed by atoms with E-state index in [1.165, 1.54) is 30.8 Å². The molecule has 0 aliphatic heterocycles. The molecule has 15 heavy (non-hydrogen) atoms. The molecule has 4 rings (SSSR count). The monoisotopic (exact) mass is 219 g/mol. The van der Waals surface area contributed by atoms with Crippen LogP contribution in [0.15, 0.2) is 12.3 Å². The predicted molar refractivity (Wildman–Crippen MR) is 57.7 cm³/mol. The molecule has 3 heteroatoms. The first kappa shape index (κ1) is 8.45. The Morgan fingerprint density at radius 2 is 2.07 bits per heavy atom. The maximum absolute atomic E-state index is 12.2. The topological polar surface area (TPSA) is 30.0 Å². The molecule has 0 aromatic carbocycles. The van der Waals surface area contributed by atoms with E-state index in [1.807, 2.05) is 6.07 Å². The largest absolute Gasteiger partial charge is 0.293 e. The summed E-state index contributed by atoms with van der Waals surface area (Å²) in [7, 11) is 0. The van der Waals surface area contributed by atoms with E-state index < -0.39 is 0 Å².